The number of rotatable bonds is 5. The number of piperidine rings is 1. The average Bonchev–Trinajstić information content (AvgIpc) is 3.47. The lowest BCUT2D eigenvalue weighted by Gasteiger charge is -2.50. The Balaban J connectivity index is 1.29. The van der Waals surface area contributed by atoms with Gasteiger partial charge in [-0.3, -0.25) is 14.9 Å². The van der Waals surface area contributed by atoms with Gasteiger partial charge in [-0.1, -0.05) is 6.92 Å². The Morgan fingerprint density at radius 3 is 2.86 bits per heavy atom. The Labute approximate surface area is 165 Å². The number of imidazole rings is 1. The zero-order valence-electron chi connectivity index (χ0n) is 16.4. The first-order valence-electron chi connectivity index (χ1n) is 10.4. The SMILES string of the molecule is CCCN1CCc2[nH]cnc2C12CCN(Cc1ccc(-c3ccn[nH]3)o1)CC2. The highest BCUT2D eigenvalue weighted by Gasteiger charge is 2.46. The molecule has 7 heteroatoms. The maximum Gasteiger partial charge on any atom is 0.152 e. The van der Waals surface area contributed by atoms with Crippen LogP contribution in [0.15, 0.2) is 35.1 Å². The zero-order valence-corrected chi connectivity index (χ0v) is 16.4. The fraction of sp³-hybridized carbons (Fsp3) is 0.524. The molecule has 3 aromatic heterocycles. The van der Waals surface area contributed by atoms with Crippen molar-refractivity contribution >= 4 is 0 Å². The number of H-pyrrole nitrogens is 2. The maximum atomic E-state index is 6.03. The van der Waals surface area contributed by atoms with Crippen molar-refractivity contribution in [1.82, 2.24) is 30.0 Å². The van der Waals surface area contributed by atoms with Gasteiger partial charge in [-0.2, -0.15) is 5.10 Å². The normalized spacial score (nSPS) is 19.9. The average molecular weight is 380 g/mol. The molecule has 5 heterocycles. The molecule has 0 amide bonds. The van der Waals surface area contributed by atoms with Crippen LogP contribution in [0.2, 0.25) is 0 Å². The number of nitrogens with zero attached hydrogens (tertiary/aromatic N) is 4. The molecule has 1 fully saturated rings. The van der Waals surface area contributed by atoms with Crippen LogP contribution in [-0.2, 0) is 18.5 Å². The molecule has 1 saturated heterocycles. The molecule has 0 aromatic carbocycles. The van der Waals surface area contributed by atoms with Gasteiger partial charge in [0.2, 0.25) is 0 Å². The van der Waals surface area contributed by atoms with E-state index < -0.39 is 0 Å². The zero-order chi connectivity index (χ0) is 19.0. The monoisotopic (exact) mass is 380 g/mol. The van der Waals surface area contributed by atoms with Crippen LogP contribution in [0.5, 0.6) is 0 Å². The van der Waals surface area contributed by atoms with Crippen LogP contribution >= 0.6 is 0 Å². The van der Waals surface area contributed by atoms with Gasteiger partial charge in [-0.15, -0.1) is 0 Å². The first-order chi connectivity index (χ1) is 13.8. The van der Waals surface area contributed by atoms with Crippen LogP contribution < -0.4 is 0 Å². The summed E-state index contributed by atoms with van der Waals surface area (Å²) in [6, 6.07) is 6.03. The number of likely N-dealkylation sites (tertiary alicyclic amines) is 1. The minimum absolute atomic E-state index is 0.102. The molecule has 0 radical (unpaired) electrons. The topological polar surface area (TPSA) is 77.0 Å². The largest absolute Gasteiger partial charge is 0.458 e. The quantitative estimate of drug-likeness (QED) is 0.711. The molecule has 0 saturated carbocycles. The second-order valence-corrected chi connectivity index (χ2v) is 8.01. The van der Waals surface area contributed by atoms with E-state index >= 15 is 0 Å². The molecule has 3 aromatic rings. The standard InChI is InChI=1S/C21H28N6O/c1-2-10-27-11-6-18-20(23-15-22-18)21(27)7-12-26(13-8-21)14-16-3-4-19(28-16)17-5-9-24-25-17/h3-5,9,15H,2,6-8,10-14H2,1H3,(H,22,23)(H,24,25). The molecule has 0 bridgehead atoms. The molecule has 1 spiro atoms. The molecule has 2 aliphatic rings. The van der Waals surface area contributed by atoms with E-state index in [2.05, 4.69) is 38.0 Å². The molecule has 2 aliphatic heterocycles. The van der Waals surface area contributed by atoms with Crippen molar-refractivity contribution < 1.29 is 4.42 Å². The number of hydrogen-bond donors (Lipinski definition) is 2. The lowest BCUT2D eigenvalue weighted by molar-refractivity contribution is 0.00212. The van der Waals surface area contributed by atoms with Crippen LogP contribution in [0.4, 0.5) is 0 Å². The summed E-state index contributed by atoms with van der Waals surface area (Å²) in [5, 5.41) is 6.96. The third kappa shape index (κ3) is 2.99. The van der Waals surface area contributed by atoms with E-state index in [-0.39, 0.29) is 5.54 Å². The van der Waals surface area contributed by atoms with Crippen molar-refractivity contribution in [2.75, 3.05) is 26.2 Å². The first kappa shape index (κ1) is 17.7. The summed E-state index contributed by atoms with van der Waals surface area (Å²) in [5.74, 6) is 1.86. The predicted octanol–water partition coefficient (Wildman–Crippen LogP) is 3.15. The third-order valence-electron chi connectivity index (χ3n) is 6.38. The van der Waals surface area contributed by atoms with Crippen LogP contribution in [0.1, 0.15) is 43.3 Å². The van der Waals surface area contributed by atoms with Crippen molar-refractivity contribution in [3.05, 3.63) is 47.9 Å². The number of nitrogens with one attached hydrogen (secondary N) is 2. The molecule has 2 N–H and O–H groups in total. The summed E-state index contributed by atoms with van der Waals surface area (Å²) >= 11 is 0. The van der Waals surface area contributed by atoms with Gasteiger partial charge in [0, 0.05) is 37.9 Å². The van der Waals surface area contributed by atoms with Crippen LogP contribution in [-0.4, -0.2) is 56.1 Å². The van der Waals surface area contributed by atoms with Gasteiger partial charge in [-0.25, -0.2) is 4.98 Å². The van der Waals surface area contributed by atoms with E-state index in [1.165, 1.54) is 17.8 Å². The lowest BCUT2D eigenvalue weighted by Crippen LogP contribution is -2.56. The van der Waals surface area contributed by atoms with Crippen LogP contribution in [0, 0.1) is 0 Å². The highest BCUT2D eigenvalue weighted by atomic mass is 16.3. The van der Waals surface area contributed by atoms with Gasteiger partial charge < -0.3 is 9.40 Å². The van der Waals surface area contributed by atoms with Gasteiger partial charge in [-0.05, 0) is 44.0 Å². The molecule has 0 atom stereocenters. The second-order valence-electron chi connectivity index (χ2n) is 8.01. The number of hydrogen-bond acceptors (Lipinski definition) is 5. The van der Waals surface area contributed by atoms with Crippen LogP contribution in [0.25, 0.3) is 11.5 Å². The number of fused-ring (bicyclic) bond motifs is 2. The summed E-state index contributed by atoms with van der Waals surface area (Å²) < 4.78 is 6.03. The Bertz CT molecular complexity index is 903. The molecule has 148 valence electrons. The summed E-state index contributed by atoms with van der Waals surface area (Å²) in [5.41, 5.74) is 3.67. The van der Waals surface area contributed by atoms with Gasteiger partial charge in [0.25, 0.3) is 0 Å². The van der Waals surface area contributed by atoms with E-state index in [1.54, 1.807) is 6.20 Å². The van der Waals surface area contributed by atoms with Crippen molar-refractivity contribution in [3.63, 3.8) is 0 Å². The van der Waals surface area contributed by atoms with E-state index in [9.17, 15) is 0 Å². The summed E-state index contributed by atoms with van der Waals surface area (Å²) in [6.45, 7) is 7.54. The number of aromatic amines is 2. The minimum Gasteiger partial charge on any atom is -0.458 e. The van der Waals surface area contributed by atoms with Crippen molar-refractivity contribution in [2.24, 2.45) is 0 Å². The van der Waals surface area contributed by atoms with Gasteiger partial charge >= 0.3 is 0 Å². The first-order valence-corrected chi connectivity index (χ1v) is 10.4. The van der Waals surface area contributed by atoms with Gasteiger partial charge in [0.1, 0.15) is 11.5 Å². The summed E-state index contributed by atoms with van der Waals surface area (Å²) in [4.78, 5) is 13.3. The van der Waals surface area contributed by atoms with E-state index in [0.29, 0.717) is 0 Å². The van der Waals surface area contributed by atoms with Crippen molar-refractivity contribution in [1.29, 1.82) is 0 Å². The van der Waals surface area contributed by atoms with E-state index in [4.69, 9.17) is 9.40 Å². The minimum atomic E-state index is 0.102. The van der Waals surface area contributed by atoms with E-state index in [0.717, 1.165) is 69.2 Å². The lowest BCUT2D eigenvalue weighted by atomic mass is 9.78. The van der Waals surface area contributed by atoms with Gasteiger partial charge in [0.05, 0.1) is 24.1 Å². The number of aromatic nitrogens is 4. The molecular weight excluding hydrogens is 352 g/mol. The third-order valence-corrected chi connectivity index (χ3v) is 6.38. The molecule has 0 unspecified atom stereocenters. The Kier molecular flexibility index (Phi) is 4.56. The predicted molar refractivity (Wildman–Crippen MR) is 107 cm³/mol. The van der Waals surface area contributed by atoms with E-state index in [1.807, 2.05) is 18.5 Å². The molecule has 28 heavy (non-hydrogen) atoms. The van der Waals surface area contributed by atoms with Crippen molar-refractivity contribution in [2.45, 2.75) is 44.7 Å². The Hall–Kier alpha value is -2.38. The van der Waals surface area contributed by atoms with Crippen molar-refractivity contribution in [3.8, 4) is 11.5 Å². The highest BCUT2D eigenvalue weighted by Crippen LogP contribution is 2.42. The van der Waals surface area contributed by atoms with Crippen LogP contribution in [0.3, 0.4) is 0 Å². The highest BCUT2D eigenvalue weighted by molar-refractivity contribution is 5.51. The smallest absolute Gasteiger partial charge is 0.152 e. The molecular formula is C21H28N6O. The maximum absolute atomic E-state index is 6.03. The molecule has 0 aliphatic carbocycles. The second kappa shape index (κ2) is 7.22. The summed E-state index contributed by atoms with van der Waals surface area (Å²) in [6.07, 6.45) is 8.15. The fourth-order valence-electron chi connectivity index (χ4n) is 4.97. The fourth-order valence-corrected chi connectivity index (χ4v) is 4.97. The molecule has 7 nitrogen and oxygen atoms in total. The Morgan fingerprint density at radius 1 is 1.18 bits per heavy atom. The van der Waals surface area contributed by atoms with Gasteiger partial charge in [0.15, 0.2) is 5.76 Å². The molecule has 5 rings (SSSR count). The Morgan fingerprint density at radius 2 is 2.07 bits per heavy atom. The number of furan rings is 1. The summed E-state index contributed by atoms with van der Waals surface area (Å²) in [7, 11) is 0.